The highest BCUT2D eigenvalue weighted by molar-refractivity contribution is 6.30. The van der Waals surface area contributed by atoms with Crippen LogP contribution in [0.4, 0.5) is 4.79 Å². The van der Waals surface area contributed by atoms with E-state index in [2.05, 4.69) is 20.8 Å². The summed E-state index contributed by atoms with van der Waals surface area (Å²) >= 11 is 5.97. The molecule has 1 heterocycles. The molecule has 1 aliphatic carbocycles. The number of carbonyl (C=O) groups is 2. The lowest BCUT2D eigenvalue weighted by Gasteiger charge is -2.27. The predicted molar refractivity (Wildman–Crippen MR) is 132 cm³/mol. The van der Waals surface area contributed by atoms with Crippen LogP contribution in [0.15, 0.2) is 59.0 Å². The maximum Gasteiger partial charge on any atom is 0.315 e. The van der Waals surface area contributed by atoms with Crippen LogP contribution in [0.1, 0.15) is 50.1 Å². The second-order valence-electron chi connectivity index (χ2n) is 8.62. The number of hydrogen-bond donors (Lipinski definition) is 2. The molecule has 9 heteroatoms. The average molecular weight is 497 g/mol. The van der Waals surface area contributed by atoms with Crippen molar-refractivity contribution in [1.82, 2.24) is 20.8 Å². The molecule has 2 amide bonds. The number of esters is 1. The van der Waals surface area contributed by atoms with E-state index in [1.165, 1.54) is 0 Å². The van der Waals surface area contributed by atoms with Gasteiger partial charge in [-0.1, -0.05) is 41.9 Å². The molecule has 0 bridgehead atoms. The minimum absolute atomic E-state index is 0.0325. The summed E-state index contributed by atoms with van der Waals surface area (Å²) in [6.07, 6.45) is 3.32. The number of amides is 2. The monoisotopic (exact) mass is 496 g/mol. The zero-order valence-electron chi connectivity index (χ0n) is 19.6. The van der Waals surface area contributed by atoms with Gasteiger partial charge in [-0.3, -0.25) is 4.79 Å². The van der Waals surface area contributed by atoms with Gasteiger partial charge < -0.3 is 19.8 Å². The smallest absolute Gasteiger partial charge is 0.315 e. The zero-order valence-corrected chi connectivity index (χ0v) is 20.3. The van der Waals surface area contributed by atoms with E-state index < -0.39 is 6.04 Å². The van der Waals surface area contributed by atoms with E-state index in [0.29, 0.717) is 30.0 Å². The van der Waals surface area contributed by atoms with Crippen molar-refractivity contribution in [2.45, 2.75) is 38.6 Å². The second-order valence-corrected chi connectivity index (χ2v) is 9.06. The van der Waals surface area contributed by atoms with E-state index in [9.17, 15) is 9.59 Å². The number of nitrogens with zero attached hydrogens (tertiary/aromatic N) is 2. The fourth-order valence-electron chi connectivity index (χ4n) is 4.28. The molecule has 0 aliphatic heterocycles. The van der Waals surface area contributed by atoms with Crippen LogP contribution in [0.25, 0.3) is 11.5 Å². The molecule has 1 saturated carbocycles. The molecule has 1 aromatic heterocycles. The Hall–Kier alpha value is -3.39. The van der Waals surface area contributed by atoms with Crippen LogP contribution in [0.5, 0.6) is 0 Å². The van der Waals surface area contributed by atoms with Crippen LogP contribution in [0, 0.1) is 11.8 Å². The van der Waals surface area contributed by atoms with Crippen molar-refractivity contribution >= 4 is 23.6 Å². The third-order valence-corrected chi connectivity index (χ3v) is 6.46. The van der Waals surface area contributed by atoms with Crippen molar-refractivity contribution in [1.29, 1.82) is 0 Å². The molecule has 2 N–H and O–H groups in total. The van der Waals surface area contributed by atoms with Crippen molar-refractivity contribution in [2.24, 2.45) is 11.8 Å². The lowest BCUT2D eigenvalue weighted by atomic mass is 9.82. The van der Waals surface area contributed by atoms with E-state index >= 15 is 0 Å². The summed E-state index contributed by atoms with van der Waals surface area (Å²) in [5.41, 5.74) is 1.56. The first-order valence-corrected chi connectivity index (χ1v) is 12.3. The Morgan fingerprint density at radius 1 is 1.06 bits per heavy atom. The van der Waals surface area contributed by atoms with Gasteiger partial charge in [-0.05, 0) is 68.4 Å². The molecule has 35 heavy (non-hydrogen) atoms. The van der Waals surface area contributed by atoms with Gasteiger partial charge in [0.2, 0.25) is 11.8 Å². The van der Waals surface area contributed by atoms with Gasteiger partial charge in [-0.15, -0.1) is 10.2 Å². The van der Waals surface area contributed by atoms with E-state index in [1.807, 2.05) is 37.3 Å². The summed E-state index contributed by atoms with van der Waals surface area (Å²) in [5, 5.41) is 14.9. The highest BCUT2D eigenvalue weighted by Gasteiger charge is 2.28. The molecular weight excluding hydrogens is 468 g/mol. The third kappa shape index (κ3) is 6.60. The van der Waals surface area contributed by atoms with Crippen LogP contribution >= 0.6 is 11.6 Å². The summed E-state index contributed by atoms with van der Waals surface area (Å²) in [5.74, 6) is 0.806. The predicted octanol–water partition coefficient (Wildman–Crippen LogP) is 5.15. The normalized spacial score (nSPS) is 18.5. The van der Waals surface area contributed by atoms with Crippen LogP contribution < -0.4 is 10.6 Å². The zero-order chi connectivity index (χ0) is 24.6. The van der Waals surface area contributed by atoms with Crippen LogP contribution in [-0.4, -0.2) is 35.3 Å². The fraction of sp³-hybridized carbons (Fsp3) is 0.385. The van der Waals surface area contributed by atoms with Crippen LogP contribution in [-0.2, 0) is 9.53 Å². The van der Waals surface area contributed by atoms with Gasteiger partial charge in [0.1, 0.15) is 6.04 Å². The molecule has 3 aromatic rings. The van der Waals surface area contributed by atoms with E-state index in [4.69, 9.17) is 20.8 Å². The molecular formula is C26H29ClN4O4. The maximum absolute atomic E-state index is 12.8. The summed E-state index contributed by atoms with van der Waals surface area (Å²) in [7, 11) is 0. The third-order valence-electron chi connectivity index (χ3n) is 6.21. The van der Waals surface area contributed by atoms with Gasteiger partial charge in [-0.25, -0.2) is 4.79 Å². The molecule has 8 nitrogen and oxygen atoms in total. The summed E-state index contributed by atoms with van der Waals surface area (Å²) in [4.78, 5) is 24.8. The molecule has 1 atom stereocenters. The topological polar surface area (TPSA) is 106 Å². The van der Waals surface area contributed by atoms with Gasteiger partial charge in [0, 0.05) is 17.1 Å². The molecule has 4 rings (SSSR count). The number of halogens is 1. The molecule has 184 valence electrons. The quantitative estimate of drug-likeness (QED) is 0.418. The first kappa shape index (κ1) is 24.7. The number of benzene rings is 2. The summed E-state index contributed by atoms with van der Waals surface area (Å²) in [6.45, 7) is 2.76. The molecule has 1 aliphatic rings. The SMILES string of the molecule is CCOC(=O)C1CCC(CNC(=O)N[C@H](c2ccccc2)c2nnc(-c3ccc(Cl)cc3)o2)CC1. The van der Waals surface area contributed by atoms with Crippen LogP contribution in [0.2, 0.25) is 5.02 Å². The molecule has 0 saturated heterocycles. The summed E-state index contributed by atoms with van der Waals surface area (Å²) in [6, 6.07) is 15.6. The second kappa shape index (κ2) is 11.8. The maximum atomic E-state index is 12.8. The van der Waals surface area contributed by atoms with Crippen molar-refractivity contribution in [3.05, 3.63) is 71.1 Å². The Morgan fingerprint density at radius 2 is 1.77 bits per heavy atom. The molecule has 0 spiro atoms. The van der Waals surface area contributed by atoms with Gasteiger partial charge in [0.15, 0.2) is 0 Å². The number of carbonyl (C=O) groups excluding carboxylic acids is 2. The fourth-order valence-corrected chi connectivity index (χ4v) is 4.40. The Morgan fingerprint density at radius 3 is 2.46 bits per heavy atom. The Balaban J connectivity index is 1.38. The number of hydrogen-bond acceptors (Lipinski definition) is 6. The number of urea groups is 1. The first-order valence-electron chi connectivity index (χ1n) is 11.9. The Bertz CT molecular complexity index is 1110. The standard InChI is InChI=1S/C26H29ClN4O4/c1-2-34-25(32)20-10-8-17(9-11-20)16-28-26(33)29-22(18-6-4-3-5-7-18)24-31-30-23(35-24)19-12-14-21(27)15-13-19/h3-7,12-15,17,20,22H,2,8-11,16H2,1H3,(H2,28,29,33)/t17?,20?,22-/m1/s1. The first-order chi connectivity index (χ1) is 17.0. The number of nitrogens with one attached hydrogen (secondary N) is 2. The average Bonchev–Trinajstić information content (AvgIpc) is 3.37. The highest BCUT2D eigenvalue weighted by Crippen LogP contribution is 2.29. The van der Waals surface area contributed by atoms with Crippen molar-refractivity contribution in [2.75, 3.05) is 13.2 Å². The minimum atomic E-state index is -0.607. The Kier molecular flexibility index (Phi) is 8.36. The molecule has 0 unspecified atom stereocenters. The lowest BCUT2D eigenvalue weighted by molar-refractivity contribution is -0.149. The minimum Gasteiger partial charge on any atom is -0.466 e. The lowest BCUT2D eigenvalue weighted by Crippen LogP contribution is -2.41. The number of aromatic nitrogens is 2. The van der Waals surface area contributed by atoms with Crippen molar-refractivity contribution in [3.8, 4) is 11.5 Å². The largest absolute Gasteiger partial charge is 0.466 e. The van der Waals surface area contributed by atoms with Gasteiger partial charge >= 0.3 is 12.0 Å². The van der Waals surface area contributed by atoms with Crippen molar-refractivity contribution in [3.63, 3.8) is 0 Å². The van der Waals surface area contributed by atoms with Crippen molar-refractivity contribution < 1.29 is 18.7 Å². The van der Waals surface area contributed by atoms with E-state index in [0.717, 1.165) is 36.8 Å². The van der Waals surface area contributed by atoms with E-state index in [-0.39, 0.29) is 23.8 Å². The van der Waals surface area contributed by atoms with Crippen LogP contribution in [0.3, 0.4) is 0 Å². The number of rotatable bonds is 8. The van der Waals surface area contributed by atoms with Gasteiger partial charge in [0.25, 0.3) is 0 Å². The molecule has 2 aromatic carbocycles. The number of ether oxygens (including phenoxy) is 1. The molecule has 0 radical (unpaired) electrons. The Labute approximate surface area is 209 Å². The summed E-state index contributed by atoms with van der Waals surface area (Å²) < 4.78 is 11.1. The van der Waals surface area contributed by atoms with E-state index in [1.54, 1.807) is 24.3 Å². The van der Waals surface area contributed by atoms with Gasteiger partial charge in [0.05, 0.1) is 12.5 Å². The highest BCUT2D eigenvalue weighted by atomic mass is 35.5. The van der Waals surface area contributed by atoms with Gasteiger partial charge in [-0.2, -0.15) is 0 Å². The molecule has 1 fully saturated rings.